The largest absolute Gasteiger partial charge is 0.463 e. The maximum Gasteiger partial charge on any atom is 0.433 e. The van der Waals surface area contributed by atoms with Crippen LogP contribution in [0.25, 0.3) is 17.1 Å². The molecule has 4 aromatic heterocycles. The summed E-state index contributed by atoms with van der Waals surface area (Å²) in [5, 5.41) is 16.5. The number of carbonyl (C=O) groups is 1. The Hall–Kier alpha value is -3.65. The third kappa shape index (κ3) is 3.76. The predicted molar refractivity (Wildman–Crippen MR) is 114 cm³/mol. The van der Waals surface area contributed by atoms with Gasteiger partial charge in [0, 0.05) is 10.9 Å². The highest BCUT2D eigenvalue weighted by Gasteiger charge is 2.36. The molecule has 0 fully saturated rings. The van der Waals surface area contributed by atoms with Crippen LogP contribution in [-0.2, 0) is 19.0 Å². The highest BCUT2D eigenvalue weighted by Crippen LogP contribution is 2.39. The van der Waals surface area contributed by atoms with Crippen LogP contribution in [0.5, 0.6) is 0 Å². The molecule has 0 bridgehead atoms. The summed E-state index contributed by atoms with van der Waals surface area (Å²) in [6.45, 7) is 2.13. The van der Waals surface area contributed by atoms with Crippen LogP contribution in [-0.4, -0.2) is 20.5 Å². The summed E-state index contributed by atoms with van der Waals surface area (Å²) in [4.78, 5) is 18.1. The zero-order chi connectivity index (χ0) is 23.3. The molecule has 33 heavy (non-hydrogen) atoms. The quantitative estimate of drug-likeness (QED) is 0.436. The van der Waals surface area contributed by atoms with Gasteiger partial charge in [-0.3, -0.25) is 4.79 Å². The number of carbonyl (C=O) groups excluding carboxylic acids is 1. The van der Waals surface area contributed by atoms with Crippen LogP contribution in [0, 0.1) is 17.2 Å². The summed E-state index contributed by atoms with van der Waals surface area (Å²) in [5.41, 5.74) is -0.160. The second-order valence-electron chi connectivity index (χ2n) is 7.92. The van der Waals surface area contributed by atoms with Gasteiger partial charge in [0.15, 0.2) is 22.8 Å². The van der Waals surface area contributed by atoms with Crippen molar-refractivity contribution in [1.29, 1.82) is 5.26 Å². The molecule has 11 heteroatoms. The van der Waals surface area contributed by atoms with E-state index in [1.807, 2.05) is 0 Å². The number of hydrogen-bond acceptors (Lipinski definition) is 6. The van der Waals surface area contributed by atoms with E-state index in [2.05, 4.69) is 28.4 Å². The fourth-order valence-electron chi connectivity index (χ4n) is 3.96. The number of thiophene rings is 1. The Bertz CT molecular complexity index is 1410. The number of rotatable bonds is 3. The molecular weight excluding hydrogens is 455 g/mol. The molecule has 0 radical (unpaired) electrons. The van der Waals surface area contributed by atoms with Gasteiger partial charge in [0.05, 0.1) is 11.8 Å². The lowest BCUT2D eigenvalue weighted by molar-refractivity contribution is -0.142. The van der Waals surface area contributed by atoms with Crippen LogP contribution in [0.4, 0.5) is 18.2 Å². The standard InChI is InChI=1S/C22H16F3N5O2S/c1-11-4-5-12-13(10-26)21(33-17(12)7-11)28-20(31)15-9-19-27-14(16-3-2-6-32-16)8-18(22(23,24)25)30(19)29-15/h2-3,6,8-9,11H,4-5,7H2,1H3,(H,28,31)/t11-/m0/s1. The minimum Gasteiger partial charge on any atom is -0.463 e. The lowest BCUT2D eigenvalue weighted by Crippen LogP contribution is -2.15. The number of nitrogens with zero attached hydrogens (tertiary/aromatic N) is 4. The number of aromatic nitrogens is 3. The predicted octanol–water partition coefficient (Wildman–Crippen LogP) is 5.32. The molecule has 0 saturated heterocycles. The molecule has 1 aliphatic rings. The minimum absolute atomic E-state index is 0.0292. The Morgan fingerprint density at radius 1 is 1.39 bits per heavy atom. The molecule has 0 spiro atoms. The number of nitriles is 1. The van der Waals surface area contributed by atoms with Gasteiger partial charge < -0.3 is 9.73 Å². The Labute approximate surface area is 189 Å². The van der Waals surface area contributed by atoms with Crippen molar-refractivity contribution in [2.24, 2.45) is 5.92 Å². The van der Waals surface area contributed by atoms with Gasteiger partial charge in [-0.05, 0) is 48.9 Å². The van der Waals surface area contributed by atoms with E-state index in [1.165, 1.54) is 35.8 Å². The summed E-state index contributed by atoms with van der Waals surface area (Å²) in [7, 11) is 0. The second kappa shape index (κ2) is 7.74. The zero-order valence-corrected chi connectivity index (χ0v) is 18.0. The van der Waals surface area contributed by atoms with E-state index in [0.29, 0.717) is 21.0 Å². The van der Waals surface area contributed by atoms with Crippen molar-refractivity contribution in [3.63, 3.8) is 0 Å². The van der Waals surface area contributed by atoms with E-state index in [-0.39, 0.29) is 22.8 Å². The van der Waals surface area contributed by atoms with E-state index < -0.39 is 17.8 Å². The molecule has 5 rings (SSSR count). The summed E-state index contributed by atoms with van der Waals surface area (Å²) in [6.07, 6.45) is -0.859. The minimum atomic E-state index is -4.74. The van der Waals surface area contributed by atoms with Crippen molar-refractivity contribution in [1.82, 2.24) is 14.6 Å². The lowest BCUT2D eigenvalue weighted by Gasteiger charge is -2.17. The maximum absolute atomic E-state index is 13.7. The van der Waals surface area contributed by atoms with Crippen LogP contribution in [0.1, 0.15) is 45.5 Å². The normalized spacial score (nSPS) is 15.9. The molecule has 4 heterocycles. The highest BCUT2D eigenvalue weighted by atomic mass is 32.1. The van der Waals surface area contributed by atoms with Gasteiger partial charge in [-0.25, -0.2) is 9.50 Å². The highest BCUT2D eigenvalue weighted by molar-refractivity contribution is 7.16. The molecule has 1 aliphatic carbocycles. The fraction of sp³-hybridized carbons (Fsp3) is 0.273. The Balaban J connectivity index is 1.53. The zero-order valence-electron chi connectivity index (χ0n) is 17.2. The van der Waals surface area contributed by atoms with E-state index in [0.717, 1.165) is 35.8 Å². The maximum atomic E-state index is 13.7. The molecule has 168 valence electrons. The molecule has 0 aromatic carbocycles. The van der Waals surface area contributed by atoms with Gasteiger partial charge >= 0.3 is 6.18 Å². The van der Waals surface area contributed by atoms with Crippen molar-refractivity contribution in [2.45, 2.75) is 32.4 Å². The summed E-state index contributed by atoms with van der Waals surface area (Å²) >= 11 is 1.33. The molecule has 0 saturated carbocycles. The third-order valence-corrected chi connectivity index (χ3v) is 6.74. The first kappa shape index (κ1) is 21.2. The van der Waals surface area contributed by atoms with Gasteiger partial charge in [0.1, 0.15) is 16.8 Å². The van der Waals surface area contributed by atoms with Crippen molar-refractivity contribution in [3.8, 4) is 17.5 Å². The van der Waals surface area contributed by atoms with Crippen LogP contribution in [0.15, 0.2) is 34.9 Å². The molecule has 0 unspecified atom stereocenters. The number of hydrogen-bond donors (Lipinski definition) is 1. The Morgan fingerprint density at radius 2 is 2.21 bits per heavy atom. The smallest absolute Gasteiger partial charge is 0.433 e. The monoisotopic (exact) mass is 471 g/mol. The number of alkyl halides is 3. The van der Waals surface area contributed by atoms with E-state index in [9.17, 15) is 23.2 Å². The van der Waals surface area contributed by atoms with Crippen LogP contribution < -0.4 is 5.32 Å². The van der Waals surface area contributed by atoms with Gasteiger partial charge in [-0.15, -0.1) is 11.3 Å². The SMILES string of the molecule is C[C@H]1CCc2c(sc(NC(=O)c3cc4nc(-c5ccco5)cc(C(F)(F)F)n4n3)c2C#N)C1. The number of fused-ring (bicyclic) bond motifs is 2. The van der Waals surface area contributed by atoms with Crippen molar-refractivity contribution < 1.29 is 22.4 Å². The van der Waals surface area contributed by atoms with Crippen LogP contribution >= 0.6 is 11.3 Å². The molecule has 4 aromatic rings. The van der Waals surface area contributed by atoms with Gasteiger partial charge in [-0.2, -0.15) is 23.5 Å². The third-order valence-electron chi connectivity index (χ3n) is 5.57. The van der Waals surface area contributed by atoms with Crippen LogP contribution in [0.2, 0.25) is 0 Å². The number of halogens is 3. The first-order valence-electron chi connectivity index (χ1n) is 10.1. The Morgan fingerprint density at radius 3 is 2.91 bits per heavy atom. The van der Waals surface area contributed by atoms with Crippen LogP contribution in [0.3, 0.4) is 0 Å². The molecular formula is C22H16F3N5O2S. The second-order valence-corrected chi connectivity index (χ2v) is 9.03. The van der Waals surface area contributed by atoms with Crippen molar-refractivity contribution >= 4 is 27.9 Å². The van der Waals surface area contributed by atoms with Gasteiger partial charge in [0.2, 0.25) is 0 Å². The molecule has 1 amide bonds. The topological polar surface area (TPSA) is 96.2 Å². The van der Waals surface area contributed by atoms with E-state index in [4.69, 9.17) is 4.42 Å². The van der Waals surface area contributed by atoms with Gasteiger partial charge in [0.25, 0.3) is 5.91 Å². The molecule has 1 atom stereocenters. The summed E-state index contributed by atoms with van der Waals surface area (Å²) in [5.74, 6) is -0.0662. The first-order valence-corrected chi connectivity index (χ1v) is 10.9. The van der Waals surface area contributed by atoms with Crippen molar-refractivity contribution in [3.05, 3.63) is 57.9 Å². The Kier molecular flexibility index (Phi) is 4.97. The first-order chi connectivity index (χ1) is 15.7. The average molecular weight is 471 g/mol. The average Bonchev–Trinajstić information content (AvgIpc) is 3.49. The molecule has 1 N–H and O–H groups in total. The summed E-state index contributed by atoms with van der Waals surface area (Å²) in [6, 6.07) is 7.19. The number of nitrogens with one attached hydrogen (secondary N) is 1. The lowest BCUT2D eigenvalue weighted by atomic mass is 9.89. The van der Waals surface area contributed by atoms with E-state index >= 15 is 0 Å². The van der Waals surface area contributed by atoms with Crippen molar-refractivity contribution in [2.75, 3.05) is 5.32 Å². The number of furan rings is 1. The summed E-state index contributed by atoms with van der Waals surface area (Å²) < 4.78 is 46.9. The molecule has 0 aliphatic heterocycles. The number of amides is 1. The number of anilines is 1. The fourth-order valence-corrected chi connectivity index (χ4v) is 5.32. The molecule has 7 nitrogen and oxygen atoms in total. The van der Waals surface area contributed by atoms with Gasteiger partial charge in [-0.1, -0.05) is 6.92 Å². The van der Waals surface area contributed by atoms with E-state index in [1.54, 1.807) is 0 Å².